The fourth-order valence-corrected chi connectivity index (χ4v) is 3.89. The molecule has 0 unspecified atom stereocenters. The van der Waals surface area contributed by atoms with Crippen LogP contribution in [0.3, 0.4) is 0 Å². The smallest absolute Gasteiger partial charge is 0.251 e. The van der Waals surface area contributed by atoms with Crippen LogP contribution in [-0.4, -0.2) is 28.3 Å². The highest BCUT2D eigenvalue weighted by atomic mass is 32.1. The summed E-state index contributed by atoms with van der Waals surface area (Å²) in [5.74, 6) is -0.713. The Morgan fingerprint density at radius 3 is 2.52 bits per heavy atom. The predicted octanol–water partition coefficient (Wildman–Crippen LogP) is 3.28. The predicted molar refractivity (Wildman–Crippen MR) is 130 cm³/mol. The quantitative estimate of drug-likeness (QED) is 0.314. The number of nitrogens with zero attached hydrogens (tertiary/aromatic N) is 2. The number of nitrogens with two attached hydrogens (primary N) is 2. The van der Waals surface area contributed by atoms with Crippen molar-refractivity contribution in [2.45, 2.75) is 6.54 Å². The first-order valence-corrected chi connectivity index (χ1v) is 11.0. The van der Waals surface area contributed by atoms with Gasteiger partial charge in [-0.25, -0.2) is 4.98 Å². The van der Waals surface area contributed by atoms with Crippen molar-refractivity contribution in [1.82, 2.24) is 15.3 Å². The van der Waals surface area contributed by atoms with Gasteiger partial charge in [-0.15, -0.1) is 11.3 Å². The van der Waals surface area contributed by atoms with Gasteiger partial charge in [-0.05, 0) is 53.6 Å². The normalized spacial score (nSPS) is 10.6. The monoisotopic (exact) mass is 458 g/mol. The summed E-state index contributed by atoms with van der Waals surface area (Å²) in [4.78, 5) is 33.1. The average molecular weight is 459 g/mol. The number of anilines is 2. The summed E-state index contributed by atoms with van der Waals surface area (Å²) in [7, 11) is 0. The molecule has 0 saturated heterocycles. The molecule has 0 aliphatic rings. The zero-order valence-electron chi connectivity index (χ0n) is 17.6. The topological polar surface area (TPSA) is 136 Å². The van der Waals surface area contributed by atoms with Gasteiger partial charge in [-0.1, -0.05) is 18.2 Å². The van der Waals surface area contributed by atoms with Gasteiger partial charge in [0.15, 0.2) is 5.13 Å². The number of amides is 2. The highest BCUT2D eigenvalue weighted by Gasteiger charge is 2.11. The van der Waals surface area contributed by atoms with E-state index in [1.165, 1.54) is 11.3 Å². The molecule has 2 aromatic carbocycles. The van der Waals surface area contributed by atoms with Crippen molar-refractivity contribution in [3.8, 4) is 22.4 Å². The Morgan fingerprint density at radius 1 is 0.970 bits per heavy atom. The summed E-state index contributed by atoms with van der Waals surface area (Å²) < 4.78 is 0. The third kappa shape index (κ3) is 5.59. The lowest BCUT2D eigenvalue weighted by atomic mass is 10.0. The SMILES string of the molecule is NCc1cc(-c2cccc(-c3csc(NC(=O)CNC(=O)c4ccc(N)cc4)n3)c2)ccn1. The first-order valence-electron chi connectivity index (χ1n) is 10.2. The van der Waals surface area contributed by atoms with E-state index < -0.39 is 0 Å². The number of nitrogens with one attached hydrogen (secondary N) is 2. The van der Waals surface area contributed by atoms with E-state index in [4.69, 9.17) is 11.5 Å². The molecule has 9 heteroatoms. The highest BCUT2D eigenvalue weighted by molar-refractivity contribution is 7.14. The van der Waals surface area contributed by atoms with Gasteiger partial charge < -0.3 is 22.1 Å². The van der Waals surface area contributed by atoms with E-state index in [2.05, 4.69) is 20.6 Å². The molecule has 0 spiro atoms. The van der Waals surface area contributed by atoms with Gasteiger partial charge in [-0.2, -0.15) is 0 Å². The molecule has 0 fully saturated rings. The van der Waals surface area contributed by atoms with Crippen molar-refractivity contribution in [2.24, 2.45) is 5.73 Å². The number of rotatable bonds is 7. The zero-order valence-corrected chi connectivity index (χ0v) is 18.4. The van der Waals surface area contributed by atoms with Gasteiger partial charge in [0.2, 0.25) is 5.91 Å². The maximum absolute atomic E-state index is 12.3. The summed E-state index contributed by atoms with van der Waals surface area (Å²) in [6.07, 6.45) is 1.74. The fraction of sp³-hybridized carbons (Fsp3) is 0.0833. The molecule has 33 heavy (non-hydrogen) atoms. The fourth-order valence-electron chi connectivity index (χ4n) is 3.15. The number of benzene rings is 2. The maximum Gasteiger partial charge on any atom is 0.251 e. The molecular formula is C24H22N6O2S. The molecule has 2 amide bonds. The molecule has 0 aliphatic heterocycles. The van der Waals surface area contributed by atoms with Crippen LogP contribution in [0.1, 0.15) is 16.1 Å². The number of hydrogen-bond donors (Lipinski definition) is 4. The Labute approximate surface area is 194 Å². The van der Waals surface area contributed by atoms with Gasteiger partial charge in [0.1, 0.15) is 0 Å². The first kappa shape index (κ1) is 22.1. The molecule has 4 rings (SSSR count). The van der Waals surface area contributed by atoms with E-state index in [-0.39, 0.29) is 18.4 Å². The number of pyridine rings is 1. The highest BCUT2D eigenvalue weighted by Crippen LogP contribution is 2.29. The van der Waals surface area contributed by atoms with Crippen LogP contribution in [0.25, 0.3) is 22.4 Å². The number of hydrogen-bond acceptors (Lipinski definition) is 7. The van der Waals surface area contributed by atoms with Crippen LogP contribution in [-0.2, 0) is 11.3 Å². The lowest BCUT2D eigenvalue weighted by Crippen LogP contribution is -2.32. The summed E-state index contributed by atoms with van der Waals surface area (Å²) in [6, 6.07) is 18.3. The molecule has 2 heterocycles. The molecule has 0 atom stereocenters. The van der Waals surface area contributed by atoms with Crippen LogP contribution in [0.4, 0.5) is 10.8 Å². The van der Waals surface area contributed by atoms with Gasteiger partial charge in [0.05, 0.1) is 17.9 Å². The Balaban J connectivity index is 1.39. The third-order valence-electron chi connectivity index (χ3n) is 4.85. The lowest BCUT2D eigenvalue weighted by molar-refractivity contribution is -0.115. The van der Waals surface area contributed by atoms with Crippen LogP contribution in [0.15, 0.2) is 72.2 Å². The van der Waals surface area contributed by atoms with Crippen molar-refractivity contribution in [3.05, 3.63) is 83.5 Å². The Hall–Kier alpha value is -4.08. The number of aromatic nitrogens is 2. The van der Waals surface area contributed by atoms with Crippen LogP contribution in [0.2, 0.25) is 0 Å². The number of carbonyl (C=O) groups is 2. The van der Waals surface area contributed by atoms with Crippen molar-refractivity contribution in [3.63, 3.8) is 0 Å². The van der Waals surface area contributed by atoms with Crippen molar-refractivity contribution >= 4 is 34.0 Å². The minimum Gasteiger partial charge on any atom is -0.399 e. The third-order valence-corrected chi connectivity index (χ3v) is 5.61. The zero-order chi connectivity index (χ0) is 23.2. The lowest BCUT2D eigenvalue weighted by Gasteiger charge is -2.06. The second kappa shape index (κ2) is 10.0. The van der Waals surface area contributed by atoms with Gasteiger partial charge in [-0.3, -0.25) is 14.6 Å². The van der Waals surface area contributed by atoms with Crippen LogP contribution in [0, 0.1) is 0 Å². The molecule has 0 saturated carbocycles. The Kier molecular flexibility index (Phi) is 6.72. The van der Waals surface area contributed by atoms with E-state index in [0.29, 0.717) is 22.9 Å². The van der Waals surface area contributed by atoms with Crippen LogP contribution >= 0.6 is 11.3 Å². The summed E-state index contributed by atoms with van der Waals surface area (Å²) in [5.41, 5.74) is 16.8. The van der Waals surface area contributed by atoms with E-state index >= 15 is 0 Å². The van der Waals surface area contributed by atoms with E-state index in [0.717, 1.165) is 28.1 Å². The Morgan fingerprint density at radius 2 is 1.73 bits per heavy atom. The number of carbonyl (C=O) groups excluding carboxylic acids is 2. The second-order valence-corrected chi connectivity index (χ2v) is 8.07. The molecule has 166 valence electrons. The maximum atomic E-state index is 12.3. The van der Waals surface area contributed by atoms with Gasteiger partial charge >= 0.3 is 0 Å². The standard InChI is InChI=1S/C24H22N6O2S/c25-12-20-11-17(8-9-27-20)16-2-1-3-18(10-16)21-14-33-24(29-21)30-22(31)13-28-23(32)15-4-6-19(26)7-5-15/h1-11,14H,12-13,25-26H2,(H,28,32)(H,29,30,31). The van der Waals surface area contributed by atoms with Crippen molar-refractivity contribution in [1.29, 1.82) is 0 Å². The van der Waals surface area contributed by atoms with E-state index in [1.807, 2.05) is 41.8 Å². The summed E-state index contributed by atoms with van der Waals surface area (Å²) in [6.45, 7) is 0.211. The van der Waals surface area contributed by atoms with Crippen molar-refractivity contribution < 1.29 is 9.59 Å². The molecule has 0 bridgehead atoms. The molecule has 6 N–H and O–H groups in total. The second-order valence-electron chi connectivity index (χ2n) is 7.21. The molecule has 8 nitrogen and oxygen atoms in total. The summed E-state index contributed by atoms with van der Waals surface area (Å²) >= 11 is 1.32. The molecule has 4 aromatic rings. The van der Waals surface area contributed by atoms with Gasteiger partial charge in [0, 0.05) is 34.9 Å². The largest absolute Gasteiger partial charge is 0.399 e. The molecule has 0 aliphatic carbocycles. The van der Waals surface area contributed by atoms with Gasteiger partial charge in [0.25, 0.3) is 5.91 Å². The number of nitrogen functional groups attached to an aromatic ring is 1. The first-order chi connectivity index (χ1) is 16.0. The molecular weight excluding hydrogens is 436 g/mol. The average Bonchev–Trinajstić information content (AvgIpc) is 3.31. The minimum atomic E-state index is -0.362. The summed E-state index contributed by atoms with van der Waals surface area (Å²) in [5, 5.41) is 7.63. The Bertz CT molecular complexity index is 1290. The van der Waals surface area contributed by atoms with Crippen LogP contribution < -0.4 is 22.1 Å². The van der Waals surface area contributed by atoms with Crippen molar-refractivity contribution in [2.75, 3.05) is 17.6 Å². The molecule has 2 aromatic heterocycles. The van der Waals surface area contributed by atoms with E-state index in [9.17, 15) is 9.59 Å². The van der Waals surface area contributed by atoms with E-state index in [1.54, 1.807) is 30.5 Å². The number of thiazole rings is 1. The minimum absolute atomic E-state index is 0.168. The van der Waals surface area contributed by atoms with Crippen LogP contribution in [0.5, 0.6) is 0 Å². The molecule has 0 radical (unpaired) electrons.